The molecule has 0 saturated heterocycles. The Hall–Kier alpha value is -4.46. The number of aromatic amines is 1. The molecule has 39 heavy (non-hydrogen) atoms. The molecule has 1 aromatic carbocycles. The average molecular weight is 560 g/mol. The number of hydrogen-bond donors (Lipinski definition) is 1. The van der Waals surface area contributed by atoms with Crippen LogP contribution in [0, 0.1) is 0 Å². The van der Waals surface area contributed by atoms with Gasteiger partial charge in [0.2, 0.25) is 0 Å². The summed E-state index contributed by atoms with van der Waals surface area (Å²) in [5.41, 5.74) is 7.68. The Morgan fingerprint density at radius 3 is 2.13 bits per heavy atom. The van der Waals surface area contributed by atoms with Gasteiger partial charge >= 0.3 is 234 Å². The van der Waals surface area contributed by atoms with E-state index in [0.29, 0.717) is 34.2 Å². The number of fused-ring (bicyclic) bond motifs is 8. The quantitative estimate of drug-likeness (QED) is 0.305. The minimum atomic E-state index is 0.453. The first kappa shape index (κ1) is 24.9. The van der Waals surface area contributed by atoms with Gasteiger partial charge in [-0.3, -0.25) is 0 Å². The molecule has 196 valence electrons. The summed E-state index contributed by atoms with van der Waals surface area (Å²) >= 11 is 3.87. The van der Waals surface area contributed by atoms with Crippen molar-refractivity contribution < 1.29 is 35.1 Å². The summed E-state index contributed by atoms with van der Waals surface area (Å²) in [6.45, 7) is 0. The van der Waals surface area contributed by atoms with Crippen molar-refractivity contribution >= 4 is 50.2 Å². The van der Waals surface area contributed by atoms with Gasteiger partial charge in [-0.15, -0.1) is 0 Å². The Morgan fingerprint density at radius 2 is 1.46 bits per heavy atom. The Bertz CT molecular complexity index is 1820. The molecule has 1 N–H and O–H groups in total. The average Bonchev–Trinajstić information content (AvgIpc) is 3.72. The fourth-order valence-electron chi connectivity index (χ4n) is 4.92. The second-order valence-corrected chi connectivity index (χ2v) is 9.40. The van der Waals surface area contributed by atoms with Crippen molar-refractivity contribution in [2.75, 3.05) is 28.4 Å². The van der Waals surface area contributed by atoms with E-state index in [1.807, 2.05) is 72.8 Å². The zero-order valence-corrected chi connectivity index (χ0v) is 23.0. The molecule has 4 aromatic rings. The predicted octanol–water partition coefficient (Wildman–Crippen LogP) is 4.98. The fourth-order valence-corrected chi connectivity index (χ4v) is 5.43. The second-order valence-electron chi connectivity index (χ2n) is 8.81. The van der Waals surface area contributed by atoms with Crippen LogP contribution in [-0.2, 0) is 25.5 Å². The topological polar surface area (TPSA) is 83.4 Å². The zero-order valence-electron chi connectivity index (χ0n) is 21.8. The van der Waals surface area contributed by atoms with Crippen molar-refractivity contribution in [3.05, 3.63) is 83.4 Å². The van der Waals surface area contributed by atoms with E-state index in [2.05, 4.69) is 21.0 Å². The summed E-state index contributed by atoms with van der Waals surface area (Å²) in [7, 11) is 6.40. The molecule has 0 fully saturated rings. The summed E-state index contributed by atoms with van der Waals surface area (Å²) in [4.78, 5) is 19.1. The number of ether oxygens (including phenoxy) is 3. The van der Waals surface area contributed by atoms with E-state index in [0.717, 1.165) is 43.5 Å². The summed E-state index contributed by atoms with van der Waals surface area (Å²) < 4.78 is 20.3. The van der Waals surface area contributed by atoms with Crippen LogP contribution in [0.2, 0.25) is 0 Å². The second kappa shape index (κ2) is 10.0. The molecule has 0 radical (unpaired) electrons. The maximum absolute atomic E-state index is 6.09. The molecule has 2 aliphatic heterocycles. The van der Waals surface area contributed by atoms with Crippen LogP contribution in [0.5, 0.6) is 5.75 Å². The van der Waals surface area contributed by atoms with E-state index in [1.165, 1.54) is 0 Å². The predicted molar refractivity (Wildman–Crippen MR) is 149 cm³/mol. The van der Waals surface area contributed by atoms with Gasteiger partial charge in [0.05, 0.1) is 0 Å². The number of hydrogen-bond acceptors (Lipinski definition) is 6. The number of H-pyrrole nitrogens is 1. The fraction of sp³-hybridized carbons (Fsp3) is 0.133. The summed E-state index contributed by atoms with van der Waals surface area (Å²) in [6, 6.07) is 19.9. The van der Waals surface area contributed by atoms with Crippen molar-refractivity contribution in [2.24, 2.45) is 0 Å². The molecule has 5 heterocycles. The Balaban J connectivity index is 1.88. The number of methoxy groups -OCH3 is 3. The Labute approximate surface area is 233 Å². The van der Waals surface area contributed by atoms with Crippen molar-refractivity contribution in [3.8, 4) is 16.9 Å². The third kappa shape index (κ3) is 4.16. The van der Waals surface area contributed by atoms with Gasteiger partial charge in [0, 0.05) is 0 Å². The Morgan fingerprint density at radius 1 is 0.769 bits per heavy atom. The molecule has 8 nitrogen and oxygen atoms in total. The summed E-state index contributed by atoms with van der Waals surface area (Å²) in [5, 5.41) is 0. The van der Waals surface area contributed by atoms with Crippen molar-refractivity contribution in [3.63, 3.8) is 0 Å². The van der Waals surface area contributed by atoms with Crippen LogP contribution < -0.4 is 14.0 Å². The van der Waals surface area contributed by atoms with Gasteiger partial charge in [-0.2, -0.15) is 0 Å². The van der Waals surface area contributed by atoms with Crippen LogP contribution in [0.3, 0.4) is 0 Å². The van der Waals surface area contributed by atoms with Crippen LogP contribution in [0.15, 0.2) is 60.7 Å². The molecule has 0 spiro atoms. The van der Waals surface area contributed by atoms with Gasteiger partial charge in [0.1, 0.15) is 0 Å². The van der Waals surface area contributed by atoms with Crippen molar-refractivity contribution in [2.45, 2.75) is 0 Å². The molecule has 9 heteroatoms. The Kier molecular flexibility index (Phi) is 6.38. The first-order valence-electron chi connectivity index (χ1n) is 12.2. The monoisotopic (exact) mass is 560 g/mol. The molecule has 0 atom stereocenters. The standard InChI is InChI=1S/C30H25N4O4.Mn/c1-35-28-25-16-22-13-11-20(32-22)14-19-10-12-21(31-19)15-23-17-24(18-8-6-5-7-9-18)27(34(23)38-4)29(36-2)26(33-25)30(28)37-3;/h5-16,32H,1-4H3;. The van der Waals surface area contributed by atoms with Gasteiger partial charge in [-0.25, -0.2) is 0 Å². The molecule has 0 aliphatic carbocycles. The third-order valence-electron chi connectivity index (χ3n) is 6.57. The van der Waals surface area contributed by atoms with Crippen LogP contribution in [-0.4, -0.2) is 48.1 Å². The molecule has 0 amide bonds. The molecule has 2 aliphatic rings. The molecule has 0 unspecified atom stereocenters. The molecular weight excluding hydrogens is 535 g/mol. The van der Waals surface area contributed by atoms with Gasteiger partial charge in [-0.05, 0) is 0 Å². The zero-order chi connectivity index (χ0) is 27.1. The molecule has 0 saturated carbocycles. The van der Waals surface area contributed by atoms with E-state index in [1.54, 1.807) is 33.2 Å². The van der Waals surface area contributed by atoms with E-state index in [9.17, 15) is 0 Å². The number of benzene rings is 1. The number of aromatic nitrogens is 4. The SMILES string of the molecule is COC1=C(OC)c2nc1cc1ccc(cc3nc(cc4[c]([Mn])c(-c5ccccc5)c(c2OC)n4OC)C=C3)[nH]1. The van der Waals surface area contributed by atoms with E-state index < -0.39 is 0 Å². The molecular formula is C30H25MnN4O4. The van der Waals surface area contributed by atoms with Crippen LogP contribution >= 0.6 is 0 Å². The first-order chi connectivity index (χ1) is 19.1. The van der Waals surface area contributed by atoms with Crippen LogP contribution in [0.4, 0.5) is 0 Å². The molecule has 8 bridgehead atoms. The third-order valence-corrected chi connectivity index (χ3v) is 7.17. The van der Waals surface area contributed by atoms with Crippen LogP contribution in [0.25, 0.3) is 56.9 Å². The van der Waals surface area contributed by atoms with Gasteiger partial charge < -0.3 is 0 Å². The summed E-state index contributed by atoms with van der Waals surface area (Å²) in [5.74, 6) is 1.40. The molecule has 3 aromatic heterocycles. The number of rotatable bonds is 5. The van der Waals surface area contributed by atoms with Crippen molar-refractivity contribution in [1.29, 1.82) is 0 Å². The van der Waals surface area contributed by atoms with Gasteiger partial charge in [0.15, 0.2) is 0 Å². The van der Waals surface area contributed by atoms with E-state index >= 15 is 0 Å². The van der Waals surface area contributed by atoms with E-state index in [4.69, 9.17) is 29.0 Å². The summed E-state index contributed by atoms with van der Waals surface area (Å²) in [6.07, 6.45) is 3.95. The van der Waals surface area contributed by atoms with E-state index in [-0.39, 0.29) is 0 Å². The normalized spacial score (nSPS) is 12.5. The van der Waals surface area contributed by atoms with Crippen LogP contribution in [0.1, 0.15) is 22.8 Å². The molecule has 6 rings (SSSR count). The van der Waals surface area contributed by atoms with Gasteiger partial charge in [0.25, 0.3) is 0 Å². The minimum absolute atomic E-state index is 0.453. The van der Waals surface area contributed by atoms with Crippen molar-refractivity contribution in [1.82, 2.24) is 19.7 Å². The maximum atomic E-state index is 6.09. The number of nitrogens with one attached hydrogen (secondary N) is 1. The first-order valence-corrected chi connectivity index (χ1v) is 12.8. The van der Waals surface area contributed by atoms with Gasteiger partial charge in [-0.1, -0.05) is 0 Å². The number of nitrogens with zero attached hydrogens (tertiary/aromatic N) is 3.